The van der Waals surface area contributed by atoms with Gasteiger partial charge in [-0.1, -0.05) is 205 Å². The highest BCUT2D eigenvalue weighted by Gasteiger charge is 2.39. The monoisotopic (exact) mass is 854 g/mol. The minimum atomic E-state index is -0.142. The van der Waals surface area contributed by atoms with Crippen LogP contribution in [0.15, 0.2) is 194 Å². The summed E-state index contributed by atoms with van der Waals surface area (Å²) in [5.74, 6) is 0. The molecule has 0 N–H and O–H groups in total. The van der Waals surface area contributed by atoms with Gasteiger partial charge < -0.3 is 0 Å². The van der Waals surface area contributed by atoms with E-state index in [4.69, 9.17) is 0 Å². The molecule has 0 aromatic heterocycles. The average molecular weight is 855 g/mol. The fraction of sp³-hybridized carbons (Fsp3) is 0.134. The molecule has 0 nitrogen and oxygen atoms in total. The molecule has 11 aromatic rings. The zero-order chi connectivity index (χ0) is 45.1. The zero-order valence-electron chi connectivity index (χ0n) is 39.0. The highest BCUT2D eigenvalue weighted by molar-refractivity contribution is 6.25. The van der Waals surface area contributed by atoms with Gasteiger partial charge in [-0.3, -0.25) is 0 Å². The van der Waals surface area contributed by atoms with E-state index in [2.05, 4.69) is 236 Å². The predicted octanol–water partition coefficient (Wildman–Crippen LogP) is 18.2. The van der Waals surface area contributed by atoms with Gasteiger partial charge in [0.2, 0.25) is 0 Å². The molecule has 0 bridgehead atoms. The zero-order valence-corrected chi connectivity index (χ0v) is 39.0. The molecule has 0 heterocycles. The van der Waals surface area contributed by atoms with E-state index in [9.17, 15) is 0 Å². The first-order valence-electron chi connectivity index (χ1n) is 24.1. The molecular formula is C67H50. The fourth-order valence-electron chi connectivity index (χ4n) is 12.9. The molecule has 67 heavy (non-hydrogen) atoms. The minimum absolute atomic E-state index is 0.0222. The Kier molecular flexibility index (Phi) is 7.68. The predicted molar refractivity (Wildman–Crippen MR) is 285 cm³/mol. The molecule has 0 saturated carbocycles. The molecule has 3 aliphatic rings. The summed E-state index contributed by atoms with van der Waals surface area (Å²) in [5.41, 5.74) is 26.4. The van der Waals surface area contributed by atoms with E-state index in [1.165, 1.54) is 144 Å². The Morgan fingerprint density at radius 2 is 0.552 bits per heavy atom. The Balaban J connectivity index is 0.758. The standard InChI is InChI=1S/C67H50/c1-65(2)57-13-8-7-12-50(57)51-29-23-45(35-58(51)65)46-24-31-54-55-32-26-48(38-62(55)67(5,6)61(54)36-46)47-25-30-53-52-28-22-44(34-59(52)66(3,4)60(53)37-47)39-14-16-40(17-15-39)49-27-20-43-19-18-41-10-9-11-42-21-33-56(49)64(43)63(41)42/h7-38H,1-6H3. The van der Waals surface area contributed by atoms with Crippen molar-refractivity contribution in [1.82, 2.24) is 0 Å². The van der Waals surface area contributed by atoms with Gasteiger partial charge in [-0.2, -0.15) is 0 Å². The third-order valence-electron chi connectivity index (χ3n) is 16.7. The molecular weight excluding hydrogens is 805 g/mol. The Labute approximate surface area is 393 Å². The van der Waals surface area contributed by atoms with Crippen LogP contribution in [0, 0.1) is 0 Å². The van der Waals surface area contributed by atoms with Crippen LogP contribution >= 0.6 is 0 Å². The van der Waals surface area contributed by atoms with E-state index < -0.39 is 0 Å². The van der Waals surface area contributed by atoms with Crippen LogP contribution in [0.3, 0.4) is 0 Å². The lowest BCUT2D eigenvalue weighted by Crippen LogP contribution is -2.16. The first-order chi connectivity index (χ1) is 32.4. The molecule has 0 aliphatic heterocycles. The summed E-state index contributed by atoms with van der Waals surface area (Å²) in [5, 5.41) is 7.95. The van der Waals surface area contributed by atoms with E-state index in [1.54, 1.807) is 0 Å². The van der Waals surface area contributed by atoms with Crippen LogP contribution in [0.4, 0.5) is 0 Å². The lowest BCUT2D eigenvalue weighted by Gasteiger charge is -2.24. The smallest absolute Gasteiger partial charge is 0.0159 e. The topological polar surface area (TPSA) is 0 Å². The van der Waals surface area contributed by atoms with Crippen LogP contribution in [0.25, 0.3) is 110 Å². The number of hydrogen-bond donors (Lipinski definition) is 0. The van der Waals surface area contributed by atoms with E-state index in [1.807, 2.05) is 0 Å². The molecule has 0 spiro atoms. The van der Waals surface area contributed by atoms with Gasteiger partial charge in [0.1, 0.15) is 0 Å². The Hall–Kier alpha value is -7.54. The SMILES string of the molecule is CC1(C)c2ccccc2-c2ccc(-c3ccc4c(c3)C(C)(C)c3cc(-c5ccc6c(c5)C(C)(C)c5cc(-c7ccc(-c8ccc9ccc%10cccc%11ccc8c9c%10%11)cc7)ccc5-6)ccc3-4)cc21. The van der Waals surface area contributed by atoms with Crippen LogP contribution in [0.1, 0.15) is 74.9 Å². The Bertz CT molecular complexity index is 3910. The van der Waals surface area contributed by atoms with E-state index >= 15 is 0 Å². The van der Waals surface area contributed by atoms with Gasteiger partial charge in [-0.05, 0) is 174 Å². The second-order valence-corrected chi connectivity index (χ2v) is 21.3. The Morgan fingerprint density at radius 1 is 0.224 bits per heavy atom. The molecule has 3 aliphatic carbocycles. The first kappa shape index (κ1) is 38.7. The van der Waals surface area contributed by atoms with Gasteiger partial charge in [0.25, 0.3) is 0 Å². The molecule has 318 valence electrons. The van der Waals surface area contributed by atoms with Crippen LogP contribution in [-0.4, -0.2) is 0 Å². The minimum Gasteiger partial charge on any atom is -0.0619 e. The highest BCUT2D eigenvalue weighted by Crippen LogP contribution is 2.54. The molecule has 0 atom stereocenters. The van der Waals surface area contributed by atoms with Gasteiger partial charge in [0.15, 0.2) is 0 Å². The third-order valence-corrected chi connectivity index (χ3v) is 16.7. The molecule has 0 amide bonds. The Morgan fingerprint density at radius 3 is 1.03 bits per heavy atom. The molecule has 0 fully saturated rings. The molecule has 0 heteroatoms. The van der Waals surface area contributed by atoms with E-state index in [0.717, 1.165) is 0 Å². The summed E-state index contributed by atoms with van der Waals surface area (Å²) in [6, 6.07) is 74.3. The average Bonchev–Trinajstić information content (AvgIpc) is 3.84. The number of hydrogen-bond acceptors (Lipinski definition) is 0. The third kappa shape index (κ3) is 5.30. The van der Waals surface area contributed by atoms with Crippen molar-refractivity contribution >= 4 is 32.3 Å². The van der Waals surface area contributed by atoms with E-state index in [0.29, 0.717) is 0 Å². The van der Waals surface area contributed by atoms with Crippen LogP contribution in [0.2, 0.25) is 0 Å². The van der Waals surface area contributed by atoms with Crippen LogP contribution < -0.4 is 0 Å². The van der Waals surface area contributed by atoms with Gasteiger partial charge in [-0.15, -0.1) is 0 Å². The van der Waals surface area contributed by atoms with Gasteiger partial charge in [0, 0.05) is 16.2 Å². The second kappa shape index (κ2) is 13.3. The van der Waals surface area contributed by atoms with E-state index in [-0.39, 0.29) is 16.2 Å². The lowest BCUT2D eigenvalue weighted by atomic mass is 9.79. The number of rotatable bonds is 4. The van der Waals surface area contributed by atoms with Crippen LogP contribution in [0.5, 0.6) is 0 Å². The summed E-state index contributed by atoms with van der Waals surface area (Å²) in [7, 11) is 0. The number of benzene rings is 11. The molecule has 0 radical (unpaired) electrons. The summed E-state index contributed by atoms with van der Waals surface area (Å²) in [6.45, 7) is 14.4. The summed E-state index contributed by atoms with van der Waals surface area (Å²) >= 11 is 0. The second-order valence-electron chi connectivity index (χ2n) is 21.3. The maximum atomic E-state index is 2.48. The molecule has 0 unspecified atom stereocenters. The maximum absolute atomic E-state index is 2.48. The van der Waals surface area contributed by atoms with Crippen molar-refractivity contribution in [2.24, 2.45) is 0 Å². The fourth-order valence-corrected chi connectivity index (χ4v) is 12.9. The van der Waals surface area contributed by atoms with Gasteiger partial charge in [-0.25, -0.2) is 0 Å². The normalized spacial score (nSPS) is 15.4. The summed E-state index contributed by atoms with van der Waals surface area (Å²) in [6.07, 6.45) is 0. The van der Waals surface area contributed by atoms with Crippen molar-refractivity contribution in [3.8, 4) is 77.9 Å². The highest BCUT2D eigenvalue weighted by atomic mass is 14.4. The largest absolute Gasteiger partial charge is 0.0619 e. The molecule has 11 aromatic carbocycles. The van der Waals surface area contributed by atoms with Gasteiger partial charge in [0.05, 0.1) is 0 Å². The summed E-state index contributed by atoms with van der Waals surface area (Å²) in [4.78, 5) is 0. The summed E-state index contributed by atoms with van der Waals surface area (Å²) < 4.78 is 0. The maximum Gasteiger partial charge on any atom is 0.0159 e. The van der Waals surface area contributed by atoms with Crippen molar-refractivity contribution in [2.45, 2.75) is 57.8 Å². The lowest BCUT2D eigenvalue weighted by molar-refractivity contribution is 0.659. The van der Waals surface area contributed by atoms with Crippen molar-refractivity contribution < 1.29 is 0 Å². The van der Waals surface area contributed by atoms with Crippen molar-refractivity contribution in [3.05, 3.63) is 228 Å². The first-order valence-corrected chi connectivity index (χ1v) is 24.1. The van der Waals surface area contributed by atoms with Crippen molar-refractivity contribution in [3.63, 3.8) is 0 Å². The quantitative estimate of drug-likeness (QED) is 0.155. The van der Waals surface area contributed by atoms with Crippen molar-refractivity contribution in [2.75, 3.05) is 0 Å². The molecule has 0 saturated heterocycles. The van der Waals surface area contributed by atoms with Crippen molar-refractivity contribution in [1.29, 1.82) is 0 Å². The van der Waals surface area contributed by atoms with Gasteiger partial charge >= 0.3 is 0 Å². The van der Waals surface area contributed by atoms with Crippen LogP contribution in [-0.2, 0) is 16.2 Å². The molecule has 14 rings (SSSR count). The number of fused-ring (bicyclic) bond motifs is 9.